The molecule has 172 valence electrons. The van der Waals surface area contributed by atoms with Gasteiger partial charge in [0.25, 0.3) is 0 Å². The minimum absolute atomic E-state index is 0.0453. The van der Waals surface area contributed by atoms with Crippen LogP contribution in [0.4, 0.5) is 5.82 Å². The topological polar surface area (TPSA) is 120 Å². The zero-order valence-corrected chi connectivity index (χ0v) is 18.7. The molecule has 3 aliphatic rings. The van der Waals surface area contributed by atoms with Crippen molar-refractivity contribution >= 4 is 42.1 Å². The Labute approximate surface area is 192 Å². The lowest BCUT2D eigenvalue weighted by Crippen LogP contribution is -2.48. The molecule has 3 amide bonds. The molecule has 3 saturated heterocycles. The molecule has 2 N–H and O–H groups in total. The molecular formula is C22H28N4O5S. The van der Waals surface area contributed by atoms with Crippen molar-refractivity contribution in [2.45, 2.75) is 43.3 Å². The summed E-state index contributed by atoms with van der Waals surface area (Å²) in [7, 11) is 0. The molecule has 3 aliphatic heterocycles. The number of thiol groups is 1. The molecule has 0 aliphatic carbocycles. The van der Waals surface area contributed by atoms with Crippen LogP contribution in [0, 0.1) is 11.8 Å². The number of carbonyl (C=O) groups excluding carboxylic acids is 3. The number of hydrogen-bond acceptors (Lipinski definition) is 7. The zero-order chi connectivity index (χ0) is 22.9. The van der Waals surface area contributed by atoms with Crippen molar-refractivity contribution in [3.63, 3.8) is 0 Å². The second-order valence-electron chi connectivity index (χ2n) is 8.84. The van der Waals surface area contributed by atoms with Crippen LogP contribution in [0.5, 0.6) is 0 Å². The van der Waals surface area contributed by atoms with E-state index in [2.05, 4.69) is 27.8 Å². The van der Waals surface area contributed by atoms with Gasteiger partial charge in [-0.25, -0.2) is 4.98 Å². The lowest BCUT2D eigenvalue weighted by atomic mass is 9.90. The number of piperidine rings is 3. The summed E-state index contributed by atoms with van der Waals surface area (Å²) in [5, 5.41) is 11.5. The Morgan fingerprint density at radius 1 is 1.06 bits per heavy atom. The van der Waals surface area contributed by atoms with E-state index in [-0.39, 0.29) is 30.1 Å². The Morgan fingerprint density at radius 2 is 1.72 bits per heavy atom. The number of imide groups is 1. The van der Waals surface area contributed by atoms with E-state index in [9.17, 15) is 19.2 Å². The van der Waals surface area contributed by atoms with Gasteiger partial charge in [-0.05, 0) is 43.7 Å². The maximum Gasteiger partial charge on any atom is 0.306 e. The summed E-state index contributed by atoms with van der Waals surface area (Å²) >= 11 is 4.55. The van der Waals surface area contributed by atoms with Gasteiger partial charge in [-0.3, -0.25) is 24.5 Å². The minimum atomic E-state index is -1.06. The maximum absolute atomic E-state index is 12.9. The van der Waals surface area contributed by atoms with E-state index in [1.165, 1.54) is 0 Å². The number of carbonyl (C=O) groups is 4. The SMILES string of the molecule is O=C1CC[C@@](S)(c2ccc(N3CCC(C(=O)N4CCC(C(=O)O)CC4)CC3)nc2)C(=O)N1. The van der Waals surface area contributed by atoms with Gasteiger partial charge in [0.15, 0.2) is 0 Å². The normalized spacial score (nSPS) is 25.5. The largest absolute Gasteiger partial charge is 0.481 e. The van der Waals surface area contributed by atoms with Crippen molar-refractivity contribution in [1.29, 1.82) is 0 Å². The van der Waals surface area contributed by atoms with Gasteiger partial charge in [0.1, 0.15) is 10.6 Å². The highest BCUT2D eigenvalue weighted by molar-refractivity contribution is 7.82. The second kappa shape index (κ2) is 9.09. The minimum Gasteiger partial charge on any atom is -0.481 e. The summed E-state index contributed by atoms with van der Waals surface area (Å²) in [6.07, 6.45) is 4.71. The summed E-state index contributed by atoms with van der Waals surface area (Å²) in [5.41, 5.74) is 0.657. The number of rotatable bonds is 4. The van der Waals surface area contributed by atoms with Crippen molar-refractivity contribution in [1.82, 2.24) is 15.2 Å². The van der Waals surface area contributed by atoms with Crippen LogP contribution in [-0.2, 0) is 23.9 Å². The second-order valence-corrected chi connectivity index (χ2v) is 9.61. The number of aliphatic carboxylic acids is 1. The predicted molar refractivity (Wildman–Crippen MR) is 119 cm³/mol. The molecule has 0 radical (unpaired) electrons. The van der Waals surface area contributed by atoms with E-state index >= 15 is 0 Å². The summed E-state index contributed by atoms with van der Waals surface area (Å²) in [5.74, 6) is -0.947. The van der Waals surface area contributed by atoms with Gasteiger partial charge in [-0.2, -0.15) is 12.6 Å². The number of likely N-dealkylation sites (tertiary alicyclic amines) is 1. The Hall–Kier alpha value is -2.62. The lowest BCUT2D eigenvalue weighted by molar-refractivity contribution is -0.147. The third-order valence-corrected chi connectivity index (χ3v) is 7.58. The number of carboxylic acids is 1. The number of aromatic nitrogens is 1. The van der Waals surface area contributed by atoms with Crippen molar-refractivity contribution < 1.29 is 24.3 Å². The van der Waals surface area contributed by atoms with Crippen LogP contribution in [0.3, 0.4) is 0 Å². The fourth-order valence-electron chi connectivity index (χ4n) is 4.75. The number of hydrogen-bond donors (Lipinski definition) is 3. The molecule has 9 nitrogen and oxygen atoms in total. The van der Waals surface area contributed by atoms with Crippen molar-refractivity contribution in [3.8, 4) is 0 Å². The number of carboxylic acid groups (broad SMARTS) is 1. The highest BCUT2D eigenvalue weighted by Gasteiger charge is 2.41. The predicted octanol–water partition coefficient (Wildman–Crippen LogP) is 1.18. The van der Waals surface area contributed by atoms with E-state index in [1.54, 1.807) is 6.20 Å². The van der Waals surface area contributed by atoms with E-state index in [1.807, 2.05) is 17.0 Å². The van der Waals surface area contributed by atoms with Crippen molar-refractivity contribution in [2.75, 3.05) is 31.1 Å². The average molecular weight is 461 g/mol. The number of nitrogens with zero attached hydrogens (tertiary/aromatic N) is 3. The van der Waals surface area contributed by atoms with Gasteiger partial charge in [0.05, 0.1) is 5.92 Å². The van der Waals surface area contributed by atoms with E-state index in [4.69, 9.17) is 5.11 Å². The first-order valence-electron chi connectivity index (χ1n) is 11.1. The van der Waals surface area contributed by atoms with Gasteiger partial charge in [-0.1, -0.05) is 6.07 Å². The van der Waals surface area contributed by atoms with Crippen LogP contribution in [0.25, 0.3) is 0 Å². The summed E-state index contributed by atoms with van der Waals surface area (Å²) < 4.78 is -1.06. The molecule has 1 aromatic rings. The van der Waals surface area contributed by atoms with Gasteiger partial charge in [-0.15, -0.1) is 0 Å². The standard InChI is InChI=1S/C22H28N4O5S/c27-18-3-8-22(32,21(31)24-18)16-1-2-17(23-13-16)25-9-4-14(5-10-25)19(28)26-11-6-15(7-12-26)20(29)30/h1-2,13-15,32H,3-12H2,(H,29,30)(H,24,27,31)/t22-/m1/s1. The first kappa shape index (κ1) is 22.6. The Kier molecular flexibility index (Phi) is 6.41. The first-order chi connectivity index (χ1) is 15.3. The molecule has 4 heterocycles. The Morgan fingerprint density at radius 3 is 2.28 bits per heavy atom. The molecule has 0 unspecified atom stereocenters. The van der Waals surface area contributed by atoms with Crippen LogP contribution in [0.2, 0.25) is 0 Å². The summed E-state index contributed by atoms with van der Waals surface area (Å²) in [6, 6.07) is 3.68. The van der Waals surface area contributed by atoms with Crippen LogP contribution in [0.15, 0.2) is 18.3 Å². The third kappa shape index (κ3) is 4.46. The highest BCUT2D eigenvalue weighted by Crippen LogP contribution is 2.36. The molecule has 32 heavy (non-hydrogen) atoms. The number of anilines is 1. The quantitative estimate of drug-likeness (QED) is 0.456. The molecule has 0 saturated carbocycles. The molecular weight excluding hydrogens is 432 g/mol. The maximum atomic E-state index is 12.9. The first-order valence-corrected chi connectivity index (χ1v) is 11.5. The van der Waals surface area contributed by atoms with E-state index in [0.29, 0.717) is 51.0 Å². The van der Waals surface area contributed by atoms with Crippen molar-refractivity contribution in [2.24, 2.45) is 11.8 Å². The molecule has 3 fully saturated rings. The number of nitrogens with one attached hydrogen (secondary N) is 1. The smallest absolute Gasteiger partial charge is 0.306 e. The third-order valence-electron chi connectivity index (χ3n) is 6.89. The van der Waals surface area contributed by atoms with Crippen molar-refractivity contribution in [3.05, 3.63) is 23.9 Å². The molecule has 0 spiro atoms. The van der Waals surface area contributed by atoms with Crippen LogP contribution < -0.4 is 10.2 Å². The Bertz CT molecular complexity index is 907. The van der Waals surface area contributed by atoms with Crippen LogP contribution in [0.1, 0.15) is 44.1 Å². The summed E-state index contributed by atoms with van der Waals surface area (Å²) in [6.45, 7) is 2.44. The van der Waals surface area contributed by atoms with E-state index in [0.717, 1.165) is 18.7 Å². The van der Waals surface area contributed by atoms with Gasteiger partial charge >= 0.3 is 5.97 Å². The fourth-order valence-corrected chi connectivity index (χ4v) is 5.05. The van der Waals surface area contributed by atoms with E-state index < -0.39 is 16.6 Å². The van der Waals surface area contributed by atoms with Gasteiger partial charge in [0, 0.05) is 44.7 Å². The fraction of sp³-hybridized carbons (Fsp3) is 0.591. The number of amides is 3. The molecule has 1 atom stereocenters. The van der Waals surface area contributed by atoms with Crippen LogP contribution >= 0.6 is 12.6 Å². The monoisotopic (exact) mass is 460 g/mol. The number of pyridine rings is 1. The zero-order valence-electron chi connectivity index (χ0n) is 17.8. The molecule has 10 heteroatoms. The molecule has 0 bridgehead atoms. The Balaban J connectivity index is 1.32. The van der Waals surface area contributed by atoms with Gasteiger partial charge in [0.2, 0.25) is 17.7 Å². The molecule has 0 aromatic carbocycles. The molecule has 4 rings (SSSR count). The molecule has 1 aromatic heterocycles. The summed E-state index contributed by atoms with van der Waals surface area (Å²) in [4.78, 5) is 56.1. The van der Waals surface area contributed by atoms with Crippen LogP contribution in [-0.4, -0.2) is 64.9 Å². The van der Waals surface area contributed by atoms with Gasteiger partial charge < -0.3 is 14.9 Å². The highest BCUT2D eigenvalue weighted by atomic mass is 32.1. The lowest BCUT2D eigenvalue weighted by Gasteiger charge is -2.37. The average Bonchev–Trinajstić information content (AvgIpc) is 2.81.